The summed E-state index contributed by atoms with van der Waals surface area (Å²) >= 11 is 1.07. The van der Waals surface area contributed by atoms with Gasteiger partial charge in [-0.2, -0.15) is 21.6 Å². The summed E-state index contributed by atoms with van der Waals surface area (Å²) in [6.45, 7) is 2.02. The first kappa shape index (κ1) is 28.8. The topological polar surface area (TPSA) is 121 Å². The number of thioether (sulfide) groups is 1. The molecule has 0 saturated heterocycles. The van der Waals surface area contributed by atoms with Crippen molar-refractivity contribution in [2.24, 2.45) is 5.92 Å². The molecule has 3 N–H and O–H groups in total. The van der Waals surface area contributed by atoms with Gasteiger partial charge in [0.1, 0.15) is 5.76 Å². The summed E-state index contributed by atoms with van der Waals surface area (Å²) in [5.41, 5.74) is -5.60. The zero-order valence-corrected chi connectivity index (χ0v) is 19.5. The fourth-order valence-corrected chi connectivity index (χ4v) is 4.96. The number of aliphatic carboxylic acids is 1. The highest BCUT2D eigenvalue weighted by molar-refractivity contribution is 8.03. The van der Waals surface area contributed by atoms with Gasteiger partial charge in [-0.05, 0) is 25.0 Å². The fourth-order valence-electron chi connectivity index (χ4n) is 3.11. The third-order valence-corrected chi connectivity index (χ3v) is 7.11. The minimum Gasteiger partial charge on any atom is -0.481 e. The zero-order valence-electron chi connectivity index (χ0n) is 17.9. The number of halogens is 3. The number of rotatable bonds is 15. The molecule has 0 heterocycles. The van der Waals surface area contributed by atoms with E-state index in [-0.39, 0.29) is 11.3 Å². The molecule has 0 bridgehead atoms. The van der Waals surface area contributed by atoms with Gasteiger partial charge >= 0.3 is 21.6 Å². The minimum absolute atomic E-state index is 0.00550. The van der Waals surface area contributed by atoms with E-state index in [4.69, 9.17) is 5.11 Å². The van der Waals surface area contributed by atoms with Crippen LogP contribution in [0.25, 0.3) is 0 Å². The number of carboxylic acids is 1. The van der Waals surface area contributed by atoms with Crippen molar-refractivity contribution in [3.8, 4) is 0 Å². The standard InChI is InChI=1S/C20H31F3O7S2/c1-2-3-5-8-14(24)10-11-15-16(25)13-17(30-32(28,29)20(21,22)23)19(15)31-12-7-4-6-9-18(26)27/h10-11,14-16,24-25H,2-9,12-13H2,1H3,(H,26,27)/b11-10+/t14-,15-,16+/m0/s1. The number of alkyl halides is 3. The van der Waals surface area contributed by atoms with Gasteiger partial charge in [0.05, 0.1) is 12.2 Å². The predicted molar refractivity (Wildman–Crippen MR) is 115 cm³/mol. The maximum Gasteiger partial charge on any atom is 0.534 e. The first-order valence-corrected chi connectivity index (χ1v) is 12.9. The Morgan fingerprint density at radius 2 is 1.94 bits per heavy atom. The Morgan fingerprint density at radius 1 is 1.25 bits per heavy atom. The summed E-state index contributed by atoms with van der Waals surface area (Å²) in [6.07, 6.45) is 5.31. The Balaban J connectivity index is 2.94. The van der Waals surface area contributed by atoms with Crippen LogP contribution in [0.1, 0.15) is 64.7 Å². The summed E-state index contributed by atoms with van der Waals surface area (Å²) in [5.74, 6) is -1.81. The number of carbonyl (C=O) groups is 1. The van der Waals surface area contributed by atoms with Gasteiger partial charge in [0.15, 0.2) is 0 Å². The lowest BCUT2D eigenvalue weighted by molar-refractivity contribution is -0.137. The highest BCUT2D eigenvalue weighted by Gasteiger charge is 2.50. The van der Waals surface area contributed by atoms with Crippen LogP contribution in [0.4, 0.5) is 13.2 Å². The Bertz CT molecular complexity index is 764. The van der Waals surface area contributed by atoms with E-state index < -0.39 is 51.9 Å². The Hall–Kier alpha value is -1.24. The van der Waals surface area contributed by atoms with E-state index >= 15 is 0 Å². The molecule has 0 amide bonds. The number of hydrogen-bond acceptors (Lipinski definition) is 7. The van der Waals surface area contributed by atoms with Crippen molar-refractivity contribution in [2.45, 2.75) is 82.4 Å². The van der Waals surface area contributed by atoms with Gasteiger partial charge in [-0.3, -0.25) is 4.79 Å². The van der Waals surface area contributed by atoms with E-state index in [1.807, 2.05) is 6.92 Å². The first-order valence-electron chi connectivity index (χ1n) is 10.5. The average molecular weight is 505 g/mol. The van der Waals surface area contributed by atoms with Gasteiger partial charge in [-0.1, -0.05) is 44.8 Å². The van der Waals surface area contributed by atoms with Crippen LogP contribution in [0.3, 0.4) is 0 Å². The second-order valence-electron chi connectivity index (χ2n) is 7.57. The highest BCUT2D eigenvalue weighted by atomic mass is 32.2. The maximum atomic E-state index is 12.8. The van der Waals surface area contributed by atoms with E-state index in [9.17, 15) is 36.6 Å². The molecule has 0 radical (unpaired) electrons. The molecule has 1 aliphatic rings. The highest BCUT2D eigenvalue weighted by Crippen LogP contribution is 2.43. The quantitative estimate of drug-likeness (QED) is 0.130. The SMILES string of the molecule is CCCCC[C@H](O)/C=C/[C@@H]1C(SCCCCCC(=O)O)=C(OS(=O)(=O)C(F)(F)F)C[C@H]1O. The second-order valence-corrected chi connectivity index (χ2v) is 10.2. The van der Waals surface area contributed by atoms with Crippen LogP contribution in [0.2, 0.25) is 0 Å². The molecule has 12 heteroatoms. The number of carboxylic acid groups (broad SMARTS) is 1. The van der Waals surface area contributed by atoms with Crippen molar-refractivity contribution >= 4 is 27.8 Å². The van der Waals surface area contributed by atoms with Gasteiger partial charge in [-0.15, -0.1) is 11.8 Å². The van der Waals surface area contributed by atoms with E-state index in [2.05, 4.69) is 4.18 Å². The van der Waals surface area contributed by atoms with Crippen molar-refractivity contribution in [2.75, 3.05) is 5.75 Å². The first-order chi connectivity index (χ1) is 14.9. The number of hydrogen-bond donors (Lipinski definition) is 3. The van der Waals surface area contributed by atoms with E-state index in [1.165, 1.54) is 12.2 Å². The summed E-state index contributed by atoms with van der Waals surface area (Å²) in [6, 6.07) is 0. The van der Waals surface area contributed by atoms with E-state index in [0.29, 0.717) is 31.4 Å². The minimum atomic E-state index is -5.88. The van der Waals surface area contributed by atoms with Crippen LogP contribution in [0.5, 0.6) is 0 Å². The molecule has 0 aromatic heterocycles. The van der Waals surface area contributed by atoms with E-state index in [0.717, 1.165) is 31.0 Å². The molecular weight excluding hydrogens is 473 g/mol. The largest absolute Gasteiger partial charge is 0.534 e. The monoisotopic (exact) mass is 504 g/mol. The molecule has 1 rings (SSSR count). The normalized spacial score (nSPS) is 20.8. The van der Waals surface area contributed by atoms with Crippen LogP contribution < -0.4 is 0 Å². The number of aliphatic hydroxyl groups is 2. The van der Waals surface area contributed by atoms with Gasteiger partial charge in [0.25, 0.3) is 0 Å². The van der Waals surface area contributed by atoms with E-state index in [1.54, 1.807) is 0 Å². The molecule has 0 saturated carbocycles. The summed E-state index contributed by atoms with van der Waals surface area (Å²) in [4.78, 5) is 10.7. The molecule has 3 atom stereocenters. The Kier molecular flexibility index (Phi) is 12.1. The Morgan fingerprint density at radius 3 is 2.53 bits per heavy atom. The van der Waals surface area contributed by atoms with Crippen LogP contribution >= 0.6 is 11.8 Å². The molecule has 0 unspecified atom stereocenters. The average Bonchev–Trinajstić information content (AvgIpc) is 2.95. The molecule has 0 fully saturated rings. The van der Waals surface area contributed by atoms with Gasteiger partial charge < -0.3 is 19.5 Å². The van der Waals surface area contributed by atoms with Crippen LogP contribution in [0, 0.1) is 5.92 Å². The lowest BCUT2D eigenvalue weighted by atomic mass is 10.0. The molecule has 1 aliphatic carbocycles. The number of aliphatic hydroxyl groups excluding tert-OH is 2. The van der Waals surface area contributed by atoms with Crippen molar-refractivity contribution in [1.29, 1.82) is 0 Å². The molecule has 186 valence electrons. The van der Waals surface area contributed by atoms with Crippen LogP contribution in [-0.2, 0) is 19.1 Å². The van der Waals surface area contributed by atoms with Crippen molar-refractivity contribution in [1.82, 2.24) is 0 Å². The maximum absolute atomic E-state index is 12.8. The number of unbranched alkanes of at least 4 members (excludes halogenated alkanes) is 4. The third kappa shape index (κ3) is 9.72. The zero-order chi connectivity index (χ0) is 24.4. The lowest BCUT2D eigenvalue weighted by Gasteiger charge is -2.15. The van der Waals surface area contributed by atoms with Gasteiger partial charge in [-0.25, -0.2) is 0 Å². The Labute approximate surface area is 190 Å². The summed E-state index contributed by atoms with van der Waals surface area (Å²) in [7, 11) is -5.88. The van der Waals surface area contributed by atoms with Crippen LogP contribution in [0.15, 0.2) is 22.8 Å². The molecule has 0 spiro atoms. The third-order valence-electron chi connectivity index (χ3n) is 4.82. The van der Waals surface area contributed by atoms with Gasteiger partial charge in [0.2, 0.25) is 0 Å². The molecule has 0 aliphatic heterocycles. The second kappa shape index (κ2) is 13.5. The van der Waals surface area contributed by atoms with Crippen molar-refractivity contribution in [3.05, 3.63) is 22.8 Å². The lowest BCUT2D eigenvalue weighted by Crippen LogP contribution is -2.25. The van der Waals surface area contributed by atoms with Gasteiger partial charge in [0, 0.05) is 23.7 Å². The predicted octanol–water partition coefficient (Wildman–Crippen LogP) is 4.32. The molecule has 7 nitrogen and oxygen atoms in total. The van der Waals surface area contributed by atoms with Crippen molar-refractivity contribution < 1.29 is 45.9 Å². The molecule has 0 aromatic rings. The fraction of sp³-hybridized carbons (Fsp3) is 0.750. The molecular formula is C20H31F3O7S2. The summed E-state index contributed by atoms with van der Waals surface area (Å²) < 4.78 is 65.6. The summed E-state index contributed by atoms with van der Waals surface area (Å²) in [5, 5.41) is 29.1. The molecule has 0 aromatic carbocycles. The van der Waals surface area contributed by atoms with Crippen LogP contribution in [-0.4, -0.2) is 53.2 Å². The molecule has 32 heavy (non-hydrogen) atoms. The van der Waals surface area contributed by atoms with Crippen molar-refractivity contribution in [3.63, 3.8) is 0 Å². The smallest absolute Gasteiger partial charge is 0.481 e.